The van der Waals surface area contributed by atoms with Crippen molar-refractivity contribution in [3.63, 3.8) is 0 Å². The second kappa shape index (κ2) is 9.85. The molecule has 0 spiro atoms. The van der Waals surface area contributed by atoms with Crippen LogP contribution in [0.15, 0.2) is 0 Å². The van der Waals surface area contributed by atoms with E-state index in [1.807, 2.05) is 0 Å². The number of carbonyl (C=O) groups is 4. The maximum Gasteiger partial charge on any atom is 0.358 e. The predicted molar refractivity (Wildman–Crippen MR) is 72.1 cm³/mol. The van der Waals surface area contributed by atoms with Gasteiger partial charge in [-0.15, -0.1) is 5.06 Å². The first-order valence-electron chi connectivity index (χ1n) is 7.03. The Bertz CT molecular complexity index is 409. The monoisotopic (exact) mass is 316 g/mol. The van der Waals surface area contributed by atoms with Crippen LogP contribution < -0.4 is 5.32 Å². The molecular weight excluding hydrogens is 296 g/mol. The molecule has 1 rings (SSSR count). The van der Waals surface area contributed by atoms with E-state index < -0.39 is 17.8 Å². The average Bonchev–Trinajstić information content (AvgIpc) is 2.81. The van der Waals surface area contributed by atoms with Crippen molar-refractivity contribution < 1.29 is 33.5 Å². The summed E-state index contributed by atoms with van der Waals surface area (Å²) in [5.41, 5.74) is 0. The fraction of sp³-hybridized carbons (Fsp3) is 0.692. The number of imide groups is 1. The summed E-state index contributed by atoms with van der Waals surface area (Å²) in [5, 5.41) is 3.11. The number of amides is 3. The molecule has 0 aliphatic carbocycles. The van der Waals surface area contributed by atoms with Crippen LogP contribution in [0.5, 0.6) is 0 Å². The van der Waals surface area contributed by atoms with Crippen LogP contribution in [0.4, 0.5) is 0 Å². The normalized spacial score (nSPS) is 14.3. The highest BCUT2D eigenvalue weighted by molar-refractivity contribution is 6.01. The number of hydrogen-bond donors (Lipinski definition) is 1. The third-order valence-corrected chi connectivity index (χ3v) is 2.68. The van der Waals surface area contributed by atoms with E-state index >= 15 is 0 Å². The van der Waals surface area contributed by atoms with Crippen LogP contribution in [0.1, 0.15) is 26.2 Å². The first kappa shape index (κ1) is 18.1. The Morgan fingerprint density at radius 1 is 1.09 bits per heavy atom. The number of carbonyl (C=O) groups excluding carboxylic acids is 4. The zero-order valence-corrected chi connectivity index (χ0v) is 12.5. The summed E-state index contributed by atoms with van der Waals surface area (Å²) in [6.07, 6.45) is 0.526. The summed E-state index contributed by atoms with van der Waals surface area (Å²) in [6.45, 7) is 2.53. The Balaban J connectivity index is 1.98. The van der Waals surface area contributed by atoms with Crippen molar-refractivity contribution in [2.45, 2.75) is 26.2 Å². The zero-order chi connectivity index (χ0) is 16.4. The van der Waals surface area contributed by atoms with Crippen LogP contribution in [0, 0.1) is 0 Å². The average molecular weight is 316 g/mol. The van der Waals surface area contributed by atoms with Crippen LogP contribution >= 0.6 is 0 Å². The van der Waals surface area contributed by atoms with E-state index in [9.17, 15) is 19.2 Å². The Labute approximate surface area is 127 Å². The van der Waals surface area contributed by atoms with Crippen molar-refractivity contribution in [1.82, 2.24) is 10.4 Å². The molecule has 1 saturated heterocycles. The number of hydrogen-bond acceptors (Lipinski definition) is 7. The molecule has 0 unspecified atom stereocenters. The number of hydroxylamine groups is 2. The van der Waals surface area contributed by atoms with Gasteiger partial charge in [0.2, 0.25) is 5.91 Å². The lowest BCUT2D eigenvalue weighted by molar-refractivity contribution is -0.200. The van der Waals surface area contributed by atoms with Gasteiger partial charge < -0.3 is 19.6 Å². The van der Waals surface area contributed by atoms with Gasteiger partial charge in [0.05, 0.1) is 19.8 Å². The van der Waals surface area contributed by atoms with E-state index in [0.717, 1.165) is 0 Å². The molecule has 0 atom stereocenters. The van der Waals surface area contributed by atoms with E-state index in [1.165, 1.54) is 0 Å². The van der Waals surface area contributed by atoms with Crippen molar-refractivity contribution in [3.05, 3.63) is 0 Å². The molecule has 0 aromatic rings. The minimum atomic E-state index is -0.821. The Hall–Kier alpha value is -2.00. The first-order chi connectivity index (χ1) is 10.5. The van der Waals surface area contributed by atoms with Gasteiger partial charge in [-0.1, -0.05) is 6.92 Å². The van der Waals surface area contributed by atoms with Crippen molar-refractivity contribution in [2.24, 2.45) is 0 Å². The van der Waals surface area contributed by atoms with E-state index in [0.29, 0.717) is 24.6 Å². The smallest absolute Gasteiger partial charge is 0.358 e. The van der Waals surface area contributed by atoms with Gasteiger partial charge in [0.1, 0.15) is 6.61 Å². The van der Waals surface area contributed by atoms with Gasteiger partial charge in [-0.25, -0.2) is 4.79 Å². The summed E-state index contributed by atoms with van der Waals surface area (Å²) >= 11 is 0. The Morgan fingerprint density at radius 3 is 2.36 bits per heavy atom. The highest BCUT2D eigenvalue weighted by Gasteiger charge is 2.32. The molecule has 0 aromatic carbocycles. The minimum Gasteiger partial charge on any atom is -0.377 e. The summed E-state index contributed by atoms with van der Waals surface area (Å²) in [7, 11) is 0. The maximum atomic E-state index is 11.4. The summed E-state index contributed by atoms with van der Waals surface area (Å²) in [5.74, 6) is -1.93. The van der Waals surface area contributed by atoms with Crippen molar-refractivity contribution in [2.75, 3.05) is 33.0 Å². The fourth-order valence-corrected chi connectivity index (χ4v) is 1.55. The van der Waals surface area contributed by atoms with Gasteiger partial charge in [-0.3, -0.25) is 14.4 Å². The molecule has 0 radical (unpaired) electrons. The summed E-state index contributed by atoms with van der Waals surface area (Å²) < 4.78 is 10.2. The molecule has 3 amide bonds. The fourth-order valence-electron chi connectivity index (χ4n) is 1.55. The lowest BCUT2D eigenvalue weighted by Gasteiger charge is -2.12. The molecule has 0 bridgehead atoms. The molecule has 1 fully saturated rings. The second-order valence-electron chi connectivity index (χ2n) is 4.41. The molecule has 1 heterocycles. The van der Waals surface area contributed by atoms with Crippen LogP contribution in [-0.2, 0) is 33.5 Å². The number of nitrogens with one attached hydrogen (secondary N) is 1. The van der Waals surface area contributed by atoms with Crippen molar-refractivity contribution in [3.8, 4) is 0 Å². The zero-order valence-electron chi connectivity index (χ0n) is 12.5. The van der Waals surface area contributed by atoms with E-state index in [-0.39, 0.29) is 38.6 Å². The molecule has 9 nitrogen and oxygen atoms in total. The van der Waals surface area contributed by atoms with Crippen molar-refractivity contribution >= 4 is 23.7 Å². The van der Waals surface area contributed by atoms with Gasteiger partial charge in [0.25, 0.3) is 11.8 Å². The number of nitrogens with zero attached hydrogens (tertiary/aromatic N) is 1. The molecule has 22 heavy (non-hydrogen) atoms. The quantitative estimate of drug-likeness (QED) is 0.413. The van der Waals surface area contributed by atoms with Gasteiger partial charge in [-0.05, 0) is 0 Å². The number of rotatable bonds is 10. The summed E-state index contributed by atoms with van der Waals surface area (Å²) in [4.78, 5) is 49.3. The van der Waals surface area contributed by atoms with E-state index in [1.54, 1.807) is 6.92 Å². The van der Waals surface area contributed by atoms with E-state index in [4.69, 9.17) is 9.47 Å². The van der Waals surface area contributed by atoms with Crippen molar-refractivity contribution in [1.29, 1.82) is 0 Å². The Morgan fingerprint density at radius 2 is 1.73 bits per heavy atom. The first-order valence-corrected chi connectivity index (χ1v) is 7.03. The molecule has 1 N–H and O–H groups in total. The topological polar surface area (TPSA) is 111 Å². The van der Waals surface area contributed by atoms with Gasteiger partial charge in [0, 0.05) is 25.8 Å². The predicted octanol–water partition coefficient (Wildman–Crippen LogP) is -0.847. The molecule has 124 valence electrons. The van der Waals surface area contributed by atoms with Gasteiger partial charge in [0.15, 0.2) is 0 Å². The molecule has 1 aliphatic rings. The van der Waals surface area contributed by atoms with Gasteiger partial charge in [-0.2, -0.15) is 0 Å². The molecule has 0 saturated carbocycles. The summed E-state index contributed by atoms with van der Waals surface area (Å²) in [6, 6.07) is 0. The van der Waals surface area contributed by atoms with Crippen LogP contribution in [0.25, 0.3) is 0 Å². The third-order valence-electron chi connectivity index (χ3n) is 2.68. The lowest BCUT2D eigenvalue weighted by atomic mass is 10.4. The molecule has 1 aliphatic heterocycles. The minimum absolute atomic E-state index is 0.0476. The van der Waals surface area contributed by atoms with Crippen LogP contribution in [-0.4, -0.2) is 61.7 Å². The highest BCUT2D eigenvalue weighted by Crippen LogP contribution is 2.11. The number of ether oxygens (including phenoxy) is 2. The Kier molecular flexibility index (Phi) is 8.08. The van der Waals surface area contributed by atoms with E-state index in [2.05, 4.69) is 10.2 Å². The molecule has 0 aromatic heterocycles. The third kappa shape index (κ3) is 6.64. The highest BCUT2D eigenvalue weighted by atomic mass is 16.7. The maximum absolute atomic E-state index is 11.4. The second-order valence-corrected chi connectivity index (χ2v) is 4.41. The molecule has 9 heteroatoms. The lowest BCUT2D eigenvalue weighted by Crippen LogP contribution is -2.33. The molecular formula is C13H20N2O7. The standard InChI is InChI=1S/C13H20N2O7/c1-2-10(16)14-5-6-20-7-8-21-9-13(19)22-15-11(17)3-4-12(15)18/h2-9H2,1H3,(H,14,16). The van der Waals surface area contributed by atoms with Crippen LogP contribution in [0.2, 0.25) is 0 Å². The van der Waals surface area contributed by atoms with Gasteiger partial charge >= 0.3 is 5.97 Å². The van der Waals surface area contributed by atoms with Crippen LogP contribution in [0.3, 0.4) is 0 Å². The largest absolute Gasteiger partial charge is 0.377 e. The SMILES string of the molecule is CCC(=O)NCCOCCOCC(=O)ON1C(=O)CCC1=O.